The van der Waals surface area contributed by atoms with Crippen LogP contribution in [0.3, 0.4) is 0 Å². The lowest BCUT2D eigenvalue weighted by Gasteiger charge is -2.30. The highest BCUT2D eigenvalue weighted by Gasteiger charge is 2.21. The number of hydrogen-bond acceptors (Lipinski definition) is 6. The molecule has 8 nitrogen and oxygen atoms in total. The van der Waals surface area contributed by atoms with Gasteiger partial charge in [0.1, 0.15) is 12.1 Å². The lowest BCUT2D eigenvalue weighted by atomic mass is 10.0. The second kappa shape index (κ2) is 9.79. The standard InChI is InChI=1S/C21H26N6O2/c1-4-26(5-2)20(16-9-8-10-17(13-16)29-3)14-22-21(28)18-11-6-7-12-19(18)27-15-23-24-25-27/h6-13,15,20H,4-5,14H2,1-3H3,(H,22,28). The molecule has 3 aromatic rings. The van der Waals surface area contributed by atoms with Gasteiger partial charge in [-0.2, -0.15) is 4.68 Å². The number of methoxy groups -OCH3 is 1. The molecule has 0 saturated heterocycles. The van der Waals surface area contributed by atoms with E-state index in [1.807, 2.05) is 36.4 Å². The number of amides is 1. The second-order valence-corrected chi connectivity index (χ2v) is 6.50. The van der Waals surface area contributed by atoms with E-state index in [2.05, 4.69) is 45.7 Å². The molecule has 29 heavy (non-hydrogen) atoms. The van der Waals surface area contributed by atoms with Crippen molar-refractivity contribution >= 4 is 5.91 Å². The molecule has 1 amide bonds. The van der Waals surface area contributed by atoms with Crippen LogP contribution in [0.1, 0.15) is 35.8 Å². The minimum Gasteiger partial charge on any atom is -0.497 e. The number of likely N-dealkylation sites (N-methyl/N-ethyl adjacent to an activating group) is 1. The van der Waals surface area contributed by atoms with E-state index >= 15 is 0 Å². The third-order valence-corrected chi connectivity index (χ3v) is 4.93. The summed E-state index contributed by atoms with van der Waals surface area (Å²) in [6.45, 7) is 6.44. The predicted molar refractivity (Wildman–Crippen MR) is 110 cm³/mol. The van der Waals surface area contributed by atoms with Crippen molar-refractivity contribution in [2.75, 3.05) is 26.7 Å². The molecule has 152 valence electrons. The van der Waals surface area contributed by atoms with Crippen LogP contribution in [-0.4, -0.2) is 57.8 Å². The molecule has 0 fully saturated rings. The summed E-state index contributed by atoms with van der Waals surface area (Å²) in [4.78, 5) is 15.3. The van der Waals surface area contributed by atoms with Gasteiger partial charge in [-0.25, -0.2) is 0 Å². The fraction of sp³-hybridized carbons (Fsp3) is 0.333. The molecule has 8 heteroatoms. The summed E-state index contributed by atoms with van der Waals surface area (Å²) in [6, 6.07) is 15.3. The number of hydrogen-bond donors (Lipinski definition) is 1. The van der Waals surface area contributed by atoms with Gasteiger partial charge in [-0.05, 0) is 53.3 Å². The Kier molecular flexibility index (Phi) is 6.91. The number of carbonyl (C=O) groups is 1. The van der Waals surface area contributed by atoms with Crippen LogP contribution < -0.4 is 10.1 Å². The Morgan fingerprint density at radius 2 is 1.97 bits per heavy atom. The lowest BCUT2D eigenvalue weighted by Crippen LogP contribution is -2.38. The number of nitrogens with one attached hydrogen (secondary N) is 1. The predicted octanol–water partition coefficient (Wildman–Crippen LogP) is 2.48. The number of para-hydroxylation sites is 1. The van der Waals surface area contributed by atoms with Crippen molar-refractivity contribution < 1.29 is 9.53 Å². The summed E-state index contributed by atoms with van der Waals surface area (Å²) in [7, 11) is 1.66. The molecule has 0 spiro atoms. The van der Waals surface area contributed by atoms with Crippen molar-refractivity contribution in [1.82, 2.24) is 30.4 Å². The Morgan fingerprint density at radius 3 is 2.66 bits per heavy atom. The topological polar surface area (TPSA) is 85.2 Å². The lowest BCUT2D eigenvalue weighted by molar-refractivity contribution is 0.0934. The Bertz CT molecular complexity index is 924. The first-order valence-corrected chi connectivity index (χ1v) is 9.66. The molecule has 0 radical (unpaired) electrons. The number of ether oxygens (including phenoxy) is 1. The Balaban J connectivity index is 1.82. The molecular formula is C21H26N6O2. The number of rotatable bonds is 9. The summed E-state index contributed by atoms with van der Waals surface area (Å²) >= 11 is 0. The average Bonchev–Trinajstić information content (AvgIpc) is 3.31. The normalized spacial score (nSPS) is 12.0. The van der Waals surface area contributed by atoms with Crippen LogP contribution >= 0.6 is 0 Å². The maximum atomic E-state index is 13.0. The van der Waals surface area contributed by atoms with Crippen LogP contribution in [0.2, 0.25) is 0 Å². The van der Waals surface area contributed by atoms with E-state index in [4.69, 9.17) is 4.74 Å². The molecule has 0 aliphatic carbocycles. The molecule has 3 rings (SSSR count). The molecule has 1 heterocycles. The minimum atomic E-state index is -0.170. The first-order chi connectivity index (χ1) is 14.2. The van der Waals surface area contributed by atoms with Crippen molar-refractivity contribution in [2.24, 2.45) is 0 Å². The monoisotopic (exact) mass is 394 g/mol. The summed E-state index contributed by atoms with van der Waals surface area (Å²) in [6.07, 6.45) is 1.47. The van der Waals surface area contributed by atoms with Gasteiger partial charge in [0.2, 0.25) is 0 Å². The highest BCUT2D eigenvalue weighted by atomic mass is 16.5. The zero-order valence-electron chi connectivity index (χ0n) is 16.9. The minimum absolute atomic E-state index is 0.0317. The van der Waals surface area contributed by atoms with E-state index < -0.39 is 0 Å². The third-order valence-electron chi connectivity index (χ3n) is 4.93. The SMILES string of the molecule is CCN(CC)C(CNC(=O)c1ccccc1-n1cnnn1)c1cccc(OC)c1. The molecule has 0 bridgehead atoms. The molecule has 0 aliphatic rings. The number of tetrazole rings is 1. The van der Waals surface area contributed by atoms with Crippen molar-refractivity contribution in [1.29, 1.82) is 0 Å². The van der Waals surface area contributed by atoms with Crippen molar-refractivity contribution in [3.05, 3.63) is 66.0 Å². The van der Waals surface area contributed by atoms with Gasteiger partial charge in [0.25, 0.3) is 5.91 Å². The van der Waals surface area contributed by atoms with E-state index in [1.54, 1.807) is 13.2 Å². The highest BCUT2D eigenvalue weighted by molar-refractivity contribution is 5.97. The number of carbonyl (C=O) groups excluding carboxylic acids is 1. The summed E-state index contributed by atoms with van der Waals surface area (Å²) in [5.41, 5.74) is 2.25. The summed E-state index contributed by atoms with van der Waals surface area (Å²) in [5, 5.41) is 14.3. The summed E-state index contributed by atoms with van der Waals surface area (Å²) < 4.78 is 6.86. The van der Waals surface area contributed by atoms with Crippen LogP contribution in [0.15, 0.2) is 54.9 Å². The Labute approximate surface area is 170 Å². The fourth-order valence-electron chi connectivity index (χ4n) is 3.39. The van der Waals surface area contributed by atoms with Crippen molar-refractivity contribution in [3.8, 4) is 11.4 Å². The van der Waals surface area contributed by atoms with Gasteiger partial charge in [0.05, 0.1) is 24.4 Å². The van der Waals surface area contributed by atoms with Crippen LogP contribution in [0.5, 0.6) is 5.75 Å². The molecule has 1 aromatic heterocycles. The van der Waals surface area contributed by atoms with Crippen LogP contribution in [0.25, 0.3) is 5.69 Å². The van der Waals surface area contributed by atoms with Gasteiger partial charge in [0, 0.05) is 6.54 Å². The fourth-order valence-corrected chi connectivity index (χ4v) is 3.39. The molecule has 1 N–H and O–H groups in total. The molecule has 2 aromatic carbocycles. The average molecular weight is 394 g/mol. The van der Waals surface area contributed by atoms with Gasteiger partial charge < -0.3 is 10.1 Å². The molecule has 1 unspecified atom stereocenters. The quantitative estimate of drug-likeness (QED) is 0.600. The first kappa shape index (κ1) is 20.5. The zero-order valence-corrected chi connectivity index (χ0v) is 16.9. The van der Waals surface area contributed by atoms with Crippen LogP contribution in [0, 0.1) is 0 Å². The van der Waals surface area contributed by atoms with Crippen LogP contribution in [0.4, 0.5) is 0 Å². The number of benzene rings is 2. The first-order valence-electron chi connectivity index (χ1n) is 9.66. The van der Waals surface area contributed by atoms with Gasteiger partial charge in [-0.15, -0.1) is 5.10 Å². The Morgan fingerprint density at radius 1 is 1.17 bits per heavy atom. The number of nitrogens with zero attached hydrogens (tertiary/aromatic N) is 5. The maximum Gasteiger partial charge on any atom is 0.253 e. The number of aromatic nitrogens is 4. The van der Waals surface area contributed by atoms with Crippen molar-refractivity contribution in [3.63, 3.8) is 0 Å². The molecule has 0 aliphatic heterocycles. The Hall–Kier alpha value is -3.26. The van der Waals surface area contributed by atoms with Gasteiger partial charge in [-0.3, -0.25) is 9.69 Å². The smallest absolute Gasteiger partial charge is 0.253 e. The molecule has 1 atom stereocenters. The van der Waals surface area contributed by atoms with Crippen LogP contribution in [-0.2, 0) is 0 Å². The van der Waals surface area contributed by atoms with E-state index in [-0.39, 0.29) is 11.9 Å². The second-order valence-electron chi connectivity index (χ2n) is 6.50. The zero-order chi connectivity index (χ0) is 20.6. The van der Waals surface area contributed by atoms with Gasteiger partial charge >= 0.3 is 0 Å². The summed E-state index contributed by atoms with van der Waals surface area (Å²) in [5.74, 6) is 0.631. The van der Waals surface area contributed by atoms with Gasteiger partial charge in [-0.1, -0.05) is 38.1 Å². The third kappa shape index (κ3) is 4.78. The van der Waals surface area contributed by atoms with E-state index in [0.29, 0.717) is 17.8 Å². The van der Waals surface area contributed by atoms with Gasteiger partial charge in [0.15, 0.2) is 0 Å². The van der Waals surface area contributed by atoms with Crippen molar-refractivity contribution in [2.45, 2.75) is 19.9 Å². The molecule has 0 saturated carbocycles. The highest BCUT2D eigenvalue weighted by Crippen LogP contribution is 2.24. The van der Waals surface area contributed by atoms with E-state index in [0.717, 1.165) is 24.4 Å². The largest absolute Gasteiger partial charge is 0.497 e. The van der Waals surface area contributed by atoms with E-state index in [9.17, 15) is 4.79 Å². The molecular weight excluding hydrogens is 368 g/mol. The maximum absolute atomic E-state index is 13.0. The van der Waals surface area contributed by atoms with E-state index in [1.165, 1.54) is 11.0 Å².